The molecule has 0 fully saturated rings. The van der Waals surface area contributed by atoms with Crippen molar-refractivity contribution in [3.8, 4) is 11.1 Å². The summed E-state index contributed by atoms with van der Waals surface area (Å²) >= 11 is 0. The Morgan fingerprint density at radius 2 is 1.66 bits per heavy atom. The summed E-state index contributed by atoms with van der Waals surface area (Å²) in [5.74, 6) is -1.25. The Balaban J connectivity index is 1.60. The van der Waals surface area contributed by atoms with Crippen LogP contribution in [-0.2, 0) is 14.3 Å². The molecular weight excluding hydrogens is 372 g/mol. The Morgan fingerprint density at radius 1 is 1.07 bits per heavy atom. The molecule has 0 spiro atoms. The number of nitrogens with two attached hydrogens (primary N) is 1. The molecule has 0 bridgehead atoms. The molecule has 3 rings (SSSR count). The zero-order valence-electron chi connectivity index (χ0n) is 15.9. The van der Waals surface area contributed by atoms with Gasteiger partial charge in [-0.1, -0.05) is 48.5 Å². The predicted molar refractivity (Wildman–Crippen MR) is 108 cm³/mol. The van der Waals surface area contributed by atoms with Gasteiger partial charge in [0.25, 0.3) is 0 Å². The van der Waals surface area contributed by atoms with Gasteiger partial charge in [-0.2, -0.15) is 0 Å². The second-order valence-corrected chi connectivity index (χ2v) is 7.09. The number of nitrogens with one attached hydrogen (secondary N) is 1. The Labute approximate surface area is 168 Å². The highest BCUT2D eigenvalue weighted by Crippen LogP contribution is 2.44. The molecule has 152 valence electrons. The van der Waals surface area contributed by atoms with Crippen LogP contribution < -0.4 is 11.1 Å². The lowest BCUT2D eigenvalue weighted by Crippen LogP contribution is -2.41. The number of aldehydes is 1. The molecule has 2 atom stereocenters. The van der Waals surface area contributed by atoms with Gasteiger partial charge in [0.05, 0.1) is 6.04 Å². The van der Waals surface area contributed by atoms with Crippen molar-refractivity contribution in [3.05, 3.63) is 59.7 Å². The lowest BCUT2D eigenvalue weighted by molar-refractivity contribution is -0.139. The molecule has 0 aliphatic heterocycles. The summed E-state index contributed by atoms with van der Waals surface area (Å²) in [4.78, 5) is 34.2. The molecule has 29 heavy (non-hydrogen) atoms. The van der Waals surface area contributed by atoms with Crippen LogP contribution in [0.5, 0.6) is 0 Å². The molecule has 0 saturated carbocycles. The lowest BCUT2D eigenvalue weighted by Gasteiger charge is -2.17. The summed E-state index contributed by atoms with van der Waals surface area (Å²) in [7, 11) is 0. The number of rotatable bonds is 9. The maximum atomic E-state index is 12.2. The smallest absolute Gasteiger partial charge is 0.407 e. The van der Waals surface area contributed by atoms with Crippen molar-refractivity contribution in [2.45, 2.75) is 37.3 Å². The van der Waals surface area contributed by atoms with Gasteiger partial charge in [0.15, 0.2) is 0 Å². The Hall–Kier alpha value is -3.19. The van der Waals surface area contributed by atoms with E-state index in [9.17, 15) is 19.5 Å². The van der Waals surface area contributed by atoms with Gasteiger partial charge in [-0.25, -0.2) is 9.59 Å². The first-order valence-electron chi connectivity index (χ1n) is 9.56. The molecule has 1 aliphatic carbocycles. The molecule has 0 heterocycles. The molecule has 0 radical (unpaired) electrons. The molecule has 1 amide bonds. The number of alkyl carbamates (subject to hydrolysis) is 1. The minimum atomic E-state index is -1.15. The van der Waals surface area contributed by atoms with E-state index in [1.807, 2.05) is 48.5 Å². The number of hydrogen-bond donors (Lipinski definition) is 3. The van der Waals surface area contributed by atoms with Gasteiger partial charge in [-0.15, -0.1) is 0 Å². The number of carbonyl (C=O) groups is 3. The van der Waals surface area contributed by atoms with Crippen LogP contribution in [0.3, 0.4) is 0 Å². The summed E-state index contributed by atoms with van der Waals surface area (Å²) in [6, 6.07) is 14.2. The minimum absolute atomic E-state index is 0.0954. The fourth-order valence-corrected chi connectivity index (χ4v) is 3.67. The van der Waals surface area contributed by atoms with Crippen molar-refractivity contribution >= 4 is 18.3 Å². The minimum Gasteiger partial charge on any atom is -0.480 e. The van der Waals surface area contributed by atoms with Crippen molar-refractivity contribution in [3.63, 3.8) is 0 Å². The number of hydrogen-bond acceptors (Lipinski definition) is 5. The van der Waals surface area contributed by atoms with E-state index in [0.717, 1.165) is 22.3 Å². The van der Waals surface area contributed by atoms with Crippen molar-refractivity contribution in [2.75, 3.05) is 6.61 Å². The number of amides is 1. The van der Waals surface area contributed by atoms with Crippen molar-refractivity contribution in [2.24, 2.45) is 5.73 Å². The monoisotopic (exact) mass is 396 g/mol. The maximum absolute atomic E-state index is 12.2. The first-order chi connectivity index (χ1) is 14.0. The quantitative estimate of drug-likeness (QED) is 0.561. The number of aliphatic carboxylic acids is 1. The average molecular weight is 396 g/mol. The predicted octanol–water partition coefficient (Wildman–Crippen LogP) is 2.67. The number of benzene rings is 2. The summed E-state index contributed by atoms with van der Waals surface area (Å²) < 4.78 is 5.37. The summed E-state index contributed by atoms with van der Waals surface area (Å²) in [6.45, 7) is 0.113. The van der Waals surface area contributed by atoms with E-state index in [1.165, 1.54) is 0 Å². The van der Waals surface area contributed by atoms with Gasteiger partial charge in [0, 0.05) is 5.92 Å². The third kappa shape index (κ3) is 4.81. The summed E-state index contributed by atoms with van der Waals surface area (Å²) in [5, 5.41) is 11.7. The topological polar surface area (TPSA) is 119 Å². The normalized spacial score (nSPS) is 14.4. The first-order valence-corrected chi connectivity index (χ1v) is 9.56. The van der Waals surface area contributed by atoms with Gasteiger partial charge in [0.2, 0.25) is 0 Å². The van der Waals surface area contributed by atoms with Crippen molar-refractivity contribution < 1.29 is 24.2 Å². The number of fused-ring (bicyclic) bond motifs is 3. The van der Waals surface area contributed by atoms with Crippen LogP contribution in [-0.4, -0.2) is 42.1 Å². The van der Waals surface area contributed by atoms with E-state index in [1.54, 1.807) is 0 Å². The van der Waals surface area contributed by atoms with E-state index < -0.39 is 24.1 Å². The van der Waals surface area contributed by atoms with Crippen LogP contribution in [0.4, 0.5) is 4.79 Å². The first kappa shape index (κ1) is 20.5. The molecule has 2 unspecified atom stereocenters. The van der Waals surface area contributed by atoms with Crippen molar-refractivity contribution in [1.29, 1.82) is 0 Å². The molecule has 0 aromatic heterocycles. The third-order valence-corrected chi connectivity index (χ3v) is 5.14. The zero-order valence-corrected chi connectivity index (χ0v) is 15.9. The number of carboxylic acids is 1. The number of carbonyl (C=O) groups excluding carboxylic acids is 2. The Bertz CT molecular complexity index is 853. The van der Waals surface area contributed by atoms with Gasteiger partial charge in [-0.05, 0) is 41.5 Å². The molecule has 4 N–H and O–H groups in total. The number of carboxylic acid groups (broad SMARTS) is 1. The van der Waals surface area contributed by atoms with Crippen LogP contribution in [0.2, 0.25) is 0 Å². The van der Waals surface area contributed by atoms with Crippen LogP contribution >= 0.6 is 0 Å². The van der Waals surface area contributed by atoms with Gasteiger partial charge < -0.3 is 25.7 Å². The molecule has 1 aliphatic rings. The second-order valence-electron chi connectivity index (χ2n) is 7.09. The molecule has 7 nitrogen and oxygen atoms in total. The second kappa shape index (κ2) is 9.34. The number of ether oxygens (including phenoxy) is 1. The van der Waals surface area contributed by atoms with E-state index in [2.05, 4.69) is 5.32 Å². The maximum Gasteiger partial charge on any atom is 0.407 e. The molecule has 2 aromatic carbocycles. The molecular formula is C22H24N2O5. The third-order valence-electron chi connectivity index (χ3n) is 5.14. The van der Waals surface area contributed by atoms with Crippen LogP contribution in [0.15, 0.2) is 48.5 Å². The zero-order chi connectivity index (χ0) is 20.8. The summed E-state index contributed by atoms with van der Waals surface area (Å²) in [6.07, 6.45) is 0.773. The van der Waals surface area contributed by atoms with Gasteiger partial charge in [0.1, 0.15) is 18.9 Å². The fraction of sp³-hybridized carbons (Fsp3) is 0.318. The molecule has 7 heteroatoms. The Kier molecular flexibility index (Phi) is 6.61. The van der Waals surface area contributed by atoms with E-state index in [4.69, 9.17) is 10.5 Å². The van der Waals surface area contributed by atoms with Gasteiger partial charge in [-0.3, -0.25) is 0 Å². The SMILES string of the molecule is NC(C=O)CCCC(NC(=O)OCC1c2ccccc2-c2ccccc21)C(=O)O. The van der Waals surface area contributed by atoms with Gasteiger partial charge >= 0.3 is 12.1 Å². The highest BCUT2D eigenvalue weighted by atomic mass is 16.5. The van der Waals surface area contributed by atoms with Crippen LogP contribution in [0, 0.1) is 0 Å². The average Bonchev–Trinajstić information content (AvgIpc) is 3.05. The van der Waals surface area contributed by atoms with E-state index in [-0.39, 0.29) is 18.9 Å². The van der Waals surface area contributed by atoms with E-state index in [0.29, 0.717) is 19.1 Å². The molecule has 0 saturated heterocycles. The lowest BCUT2D eigenvalue weighted by atomic mass is 9.98. The fourth-order valence-electron chi connectivity index (χ4n) is 3.67. The summed E-state index contributed by atoms with van der Waals surface area (Å²) in [5.41, 5.74) is 9.90. The highest BCUT2D eigenvalue weighted by molar-refractivity contribution is 5.81. The highest BCUT2D eigenvalue weighted by Gasteiger charge is 2.29. The van der Waals surface area contributed by atoms with Crippen LogP contribution in [0.1, 0.15) is 36.3 Å². The van der Waals surface area contributed by atoms with E-state index >= 15 is 0 Å². The largest absolute Gasteiger partial charge is 0.480 e. The molecule has 2 aromatic rings. The van der Waals surface area contributed by atoms with Crippen molar-refractivity contribution in [1.82, 2.24) is 5.32 Å². The standard InChI is InChI=1S/C22H24N2O5/c23-14(12-25)6-5-11-20(21(26)27)24-22(28)29-13-19-17-9-3-1-7-15(17)16-8-2-4-10-18(16)19/h1-4,7-10,12,14,19-20H,5-6,11,13,23H2,(H,24,28)(H,26,27). The Morgan fingerprint density at radius 3 is 2.21 bits per heavy atom. The van der Waals surface area contributed by atoms with Crippen LogP contribution in [0.25, 0.3) is 11.1 Å².